The molecule has 0 atom stereocenters. The van der Waals surface area contributed by atoms with Crippen molar-refractivity contribution in [3.05, 3.63) is 46.2 Å². The summed E-state index contributed by atoms with van der Waals surface area (Å²) in [6.45, 7) is 7.54. The number of benzene rings is 1. The van der Waals surface area contributed by atoms with Gasteiger partial charge in [-0.3, -0.25) is 4.79 Å². The lowest BCUT2D eigenvalue weighted by molar-refractivity contribution is 0.523. The van der Waals surface area contributed by atoms with Crippen LogP contribution in [0.25, 0.3) is 11.3 Å². The fourth-order valence-corrected chi connectivity index (χ4v) is 1.88. The minimum absolute atomic E-state index is 0.274. The smallest absolute Gasteiger partial charge is 0.301 e. The van der Waals surface area contributed by atoms with Gasteiger partial charge in [0.25, 0.3) is 5.56 Å². The van der Waals surface area contributed by atoms with Crippen molar-refractivity contribution in [1.82, 2.24) is 4.98 Å². The quantitative estimate of drug-likeness (QED) is 0.846. The van der Waals surface area contributed by atoms with Crippen LogP contribution in [-0.4, -0.2) is 18.1 Å². The molecular weight excluding hydrogens is 240 g/mol. The third kappa shape index (κ3) is 3.02. The predicted octanol–water partition coefficient (Wildman–Crippen LogP) is 2.86. The van der Waals surface area contributed by atoms with E-state index in [4.69, 9.17) is 4.42 Å². The molecule has 4 nitrogen and oxygen atoms in total. The minimum atomic E-state index is -0.274. The highest BCUT2D eigenvalue weighted by atomic mass is 16.4. The van der Waals surface area contributed by atoms with Gasteiger partial charge in [0.05, 0.1) is 0 Å². The van der Waals surface area contributed by atoms with E-state index >= 15 is 0 Å². The first-order valence-electron chi connectivity index (χ1n) is 6.48. The van der Waals surface area contributed by atoms with Crippen molar-refractivity contribution in [2.75, 3.05) is 18.0 Å². The van der Waals surface area contributed by atoms with E-state index in [0.717, 1.165) is 18.7 Å². The summed E-state index contributed by atoms with van der Waals surface area (Å²) in [4.78, 5) is 17.5. The van der Waals surface area contributed by atoms with Crippen molar-refractivity contribution in [2.45, 2.75) is 20.8 Å². The Labute approximate surface area is 112 Å². The van der Waals surface area contributed by atoms with Crippen molar-refractivity contribution in [3.8, 4) is 11.3 Å². The number of aromatic nitrogens is 1. The van der Waals surface area contributed by atoms with E-state index in [1.54, 1.807) is 0 Å². The van der Waals surface area contributed by atoms with Gasteiger partial charge in [0.15, 0.2) is 0 Å². The summed E-state index contributed by atoms with van der Waals surface area (Å²) in [5.74, 6) is 0.557. The number of anilines is 1. The highest BCUT2D eigenvalue weighted by Gasteiger charge is 2.10. The van der Waals surface area contributed by atoms with E-state index in [0.29, 0.717) is 11.8 Å². The van der Waals surface area contributed by atoms with Gasteiger partial charge in [-0.25, -0.2) is 0 Å². The zero-order chi connectivity index (χ0) is 13.8. The molecule has 0 fully saturated rings. The standard InChI is InChI=1S/C15H18N2O2/c1-4-17(5-2)15-16-14(18)10-13(19-15)12-8-6-11(3)7-9-12/h6-10H,4-5H2,1-3H3. The summed E-state index contributed by atoms with van der Waals surface area (Å²) in [5, 5.41) is 0. The van der Waals surface area contributed by atoms with Crippen LogP contribution < -0.4 is 10.5 Å². The van der Waals surface area contributed by atoms with Crippen LogP contribution in [0.1, 0.15) is 19.4 Å². The lowest BCUT2D eigenvalue weighted by Gasteiger charge is -2.17. The topological polar surface area (TPSA) is 46.3 Å². The van der Waals surface area contributed by atoms with Gasteiger partial charge < -0.3 is 9.32 Å². The molecular formula is C15H18N2O2. The van der Waals surface area contributed by atoms with Crippen molar-refractivity contribution >= 4 is 6.01 Å². The van der Waals surface area contributed by atoms with Crippen LogP contribution in [0, 0.1) is 6.92 Å². The van der Waals surface area contributed by atoms with E-state index < -0.39 is 0 Å². The molecule has 1 aromatic heterocycles. The van der Waals surface area contributed by atoms with Crippen LogP contribution in [0.2, 0.25) is 0 Å². The van der Waals surface area contributed by atoms with Gasteiger partial charge in [-0.1, -0.05) is 29.8 Å². The van der Waals surface area contributed by atoms with E-state index in [1.165, 1.54) is 11.6 Å². The second-order valence-electron chi connectivity index (χ2n) is 4.38. The van der Waals surface area contributed by atoms with Gasteiger partial charge in [-0.05, 0) is 20.8 Å². The number of hydrogen-bond acceptors (Lipinski definition) is 4. The first kappa shape index (κ1) is 13.3. The Morgan fingerprint density at radius 2 is 1.79 bits per heavy atom. The number of aryl methyl sites for hydroxylation is 1. The van der Waals surface area contributed by atoms with Crippen LogP contribution in [0.15, 0.2) is 39.5 Å². The second kappa shape index (κ2) is 5.69. The molecule has 1 heterocycles. The van der Waals surface area contributed by atoms with Gasteiger partial charge in [0.1, 0.15) is 5.76 Å². The maximum absolute atomic E-state index is 11.7. The highest BCUT2D eigenvalue weighted by molar-refractivity contribution is 5.57. The molecule has 0 saturated carbocycles. The maximum atomic E-state index is 11.7. The Morgan fingerprint density at radius 3 is 2.37 bits per heavy atom. The lowest BCUT2D eigenvalue weighted by atomic mass is 10.1. The molecule has 0 aliphatic heterocycles. The SMILES string of the molecule is CCN(CC)c1nc(=O)cc(-c2ccc(C)cc2)o1. The van der Waals surface area contributed by atoms with Crippen LogP contribution in [0.4, 0.5) is 6.01 Å². The zero-order valence-corrected chi connectivity index (χ0v) is 11.5. The first-order valence-corrected chi connectivity index (χ1v) is 6.48. The van der Waals surface area contributed by atoms with Gasteiger partial charge in [0.2, 0.25) is 0 Å². The molecule has 19 heavy (non-hydrogen) atoms. The maximum Gasteiger partial charge on any atom is 0.301 e. The average molecular weight is 258 g/mol. The summed E-state index contributed by atoms with van der Waals surface area (Å²) in [6, 6.07) is 9.68. The van der Waals surface area contributed by atoms with Crippen LogP contribution in [0.5, 0.6) is 0 Å². The molecule has 0 radical (unpaired) electrons. The van der Waals surface area contributed by atoms with Crippen molar-refractivity contribution < 1.29 is 4.42 Å². The molecule has 100 valence electrons. The zero-order valence-electron chi connectivity index (χ0n) is 11.5. The lowest BCUT2D eigenvalue weighted by Crippen LogP contribution is -2.25. The Kier molecular flexibility index (Phi) is 4.00. The van der Waals surface area contributed by atoms with Gasteiger partial charge >= 0.3 is 6.01 Å². The summed E-state index contributed by atoms with van der Waals surface area (Å²) < 4.78 is 5.74. The molecule has 0 saturated heterocycles. The Morgan fingerprint density at radius 1 is 1.16 bits per heavy atom. The van der Waals surface area contributed by atoms with Crippen molar-refractivity contribution in [1.29, 1.82) is 0 Å². The molecule has 0 unspecified atom stereocenters. The van der Waals surface area contributed by atoms with Crippen LogP contribution in [-0.2, 0) is 0 Å². The molecule has 2 aromatic rings. The Balaban J connectivity index is 2.47. The van der Waals surface area contributed by atoms with Gasteiger partial charge in [-0.15, -0.1) is 0 Å². The Hall–Kier alpha value is -2.10. The largest absolute Gasteiger partial charge is 0.425 e. The van der Waals surface area contributed by atoms with Gasteiger partial charge in [0, 0.05) is 24.7 Å². The summed E-state index contributed by atoms with van der Waals surface area (Å²) in [7, 11) is 0. The van der Waals surface area contributed by atoms with Crippen molar-refractivity contribution in [3.63, 3.8) is 0 Å². The average Bonchev–Trinajstić information content (AvgIpc) is 2.40. The monoisotopic (exact) mass is 258 g/mol. The molecule has 0 N–H and O–H groups in total. The predicted molar refractivity (Wildman–Crippen MR) is 76.5 cm³/mol. The third-order valence-corrected chi connectivity index (χ3v) is 3.03. The van der Waals surface area contributed by atoms with E-state index in [-0.39, 0.29) is 5.56 Å². The number of rotatable bonds is 4. The van der Waals surface area contributed by atoms with Crippen molar-refractivity contribution in [2.24, 2.45) is 0 Å². The third-order valence-electron chi connectivity index (χ3n) is 3.03. The molecule has 0 aliphatic carbocycles. The molecule has 2 rings (SSSR count). The molecule has 0 amide bonds. The molecule has 4 heteroatoms. The summed E-state index contributed by atoms with van der Waals surface area (Å²) >= 11 is 0. The van der Waals surface area contributed by atoms with Crippen LogP contribution in [0.3, 0.4) is 0 Å². The fourth-order valence-electron chi connectivity index (χ4n) is 1.88. The minimum Gasteiger partial charge on any atom is -0.425 e. The number of hydrogen-bond donors (Lipinski definition) is 0. The molecule has 1 aromatic carbocycles. The normalized spacial score (nSPS) is 10.5. The van der Waals surface area contributed by atoms with E-state index in [1.807, 2.05) is 49.9 Å². The highest BCUT2D eigenvalue weighted by Crippen LogP contribution is 2.21. The first-order chi connectivity index (χ1) is 9.13. The second-order valence-corrected chi connectivity index (χ2v) is 4.38. The van der Waals surface area contributed by atoms with E-state index in [9.17, 15) is 4.79 Å². The summed E-state index contributed by atoms with van der Waals surface area (Å²) in [6.07, 6.45) is 0. The Bertz CT molecular complexity index is 598. The van der Waals surface area contributed by atoms with E-state index in [2.05, 4.69) is 4.98 Å². The molecule has 0 bridgehead atoms. The fraction of sp³-hybridized carbons (Fsp3) is 0.333. The van der Waals surface area contributed by atoms with Gasteiger partial charge in [-0.2, -0.15) is 4.98 Å². The summed E-state index contributed by atoms with van der Waals surface area (Å²) in [5.41, 5.74) is 1.78. The van der Waals surface area contributed by atoms with Crippen LogP contribution >= 0.6 is 0 Å². The molecule has 0 spiro atoms. The number of nitrogens with zero attached hydrogens (tertiary/aromatic N) is 2. The molecule has 0 aliphatic rings.